The number of aliphatic imine (C=N–C) groups is 1. The minimum absolute atomic E-state index is 0.0122. The van der Waals surface area contributed by atoms with Crippen molar-refractivity contribution in [3.63, 3.8) is 0 Å². The summed E-state index contributed by atoms with van der Waals surface area (Å²) >= 11 is 0. The molecule has 1 atom stereocenters. The number of nitrogens with one attached hydrogen (secondary N) is 2. The van der Waals surface area contributed by atoms with Gasteiger partial charge in [0.1, 0.15) is 6.10 Å². The molecule has 6 heteroatoms. The van der Waals surface area contributed by atoms with Crippen LogP contribution in [0.5, 0.6) is 0 Å². The minimum Gasteiger partial charge on any atom is -0.370 e. The van der Waals surface area contributed by atoms with Crippen LogP contribution in [-0.2, 0) is 16.1 Å². The van der Waals surface area contributed by atoms with E-state index in [2.05, 4.69) is 47.6 Å². The van der Waals surface area contributed by atoms with Gasteiger partial charge in [-0.3, -0.25) is 9.79 Å². The van der Waals surface area contributed by atoms with Gasteiger partial charge in [0.15, 0.2) is 5.96 Å². The van der Waals surface area contributed by atoms with Gasteiger partial charge in [0.05, 0.1) is 19.7 Å². The lowest BCUT2D eigenvalue weighted by Crippen LogP contribution is -2.48. The quantitative estimate of drug-likeness (QED) is 0.546. The van der Waals surface area contributed by atoms with E-state index in [1.165, 1.54) is 11.1 Å². The molecule has 0 saturated carbocycles. The van der Waals surface area contributed by atoms with Crippen molar-refractivity contribution < 1.29 is 9.53 Å². The van der Waals surface area contributed by atoms with E-state index >= 15 is 0 Å². The Labute approximate surface area is 179 Å². The van der Waals surface area contributed by atoms with Crippen LogP contribution in [0.3, 0.4) is 0 Å². The van der Waals surface area contributed by atoms with Crippen LogP contribution in [0, 0.1) is 6.92 Å². The monoisotopic (exact) mass is 408 g/mol. The molecule has 0 radical (unpaired) electrons. The fourth-order valence-electron chi connectivity index (χ4n) is 3.55. The lowest BCUT2D eigenvalue weighted by Gasteiger charge is -2.35. The molecule has 0 spiro atoms. The molecule has 1 aliphatic rings. The standard InChI is InChI=1S/C24H32N4O2/c1-3-25-24(26-14-13-23(29)27-17-20-10-5-4-6-11-20)28-15-16-30-22(18-28)21-12-8-7-9-19(21)2/h4-12,22H,3,13-18H2,1-2H3,(H,25,26)(H,27,29). The SMILES string of the molecule is CCNC(=NCCC(=O)NCc1ccccc1)N1CCOC(c2ccccc2C)C1. The number of aryl methyl sites for hydroxylation is 1. The summed E-state index contributed by atoms with van der Waals surface area (Å²) in [6, 6.07) is 18.3. The number of guanidine groups is 1. The summed E-state index contributed by atoms with van der Waals surface area (Å²) in [5, 5.41) is 6.32. The van der Waals surface area contributed by atoms with E-state index in [9.17, 15) is 4.79 Å². The zero-order chi connectivity index (χ0) is 21.2. The number of benzene rings is 2. The van der Waals surface area contributed by atoms with Crippen LogP contribution in [0.4, 0.5) is 0 Å². The highest BCUT2D eigenvalue weighted by atomic mass is 16.5. The van der Waals surface area contributed by atoms with Crippen LogP contribution in [0.1, 0.15) is 36.1 Å². The topological polar surface area (TPSA) is 66.0 Å². The van der Waals surface area contributed by atoms with E-state index in [1.807, 2.05) is 36.4 Å². The van der Waals surface area contributed by atoms with Crippen molar-refractivity contribution in [3.05, 3.63) is 71.3 Å². The molecule has 0 aromatic heterocycles. The average Bonchev–Trinajstić information content (AvgIpc) is 2.78. The Bertz CT molecular complexity index is 838. The summed E-state index contributed by atoms with van der Waals surface area (Å²) in [5.41, 5.74) is 3.55. The molecule has 3 rings (SSSR count). The van der Waals surface area contributed by atoms with E-state index in [0.717, 1.165) is 31.2 Å². The van der Waals surface area contributed by atoms with Crippen molar-refractivity contribution in [2.75, 3.05) is 32.8 Å². The molecule has 160 valence electrons. The molecular weight excluding hydrogens is 376 g/mol. The fraction of sp³-hybridized carbons (Fsp3) is 0.417. The summed E-state index contributed by atoms with van der Waals surface area (Å²) in [4.78, 5) is 19.1. The third-order valence-corrected chi connectivity index (χ3v) is 5.17. The van der Waals surface area contributed by atoms with E-state index in [1.54, 1.807) is 0 Å². The number of carbonyl (C=O) groups is 1. The first-order valence-electron chi connectivity index (χ1n) is 10.7. The Morgan fingerprint density at radius 2 is 1.90 bits per heavy atom. The molecule has 1 amide bonds. The molecule has 30 heavy (non-hydrogen) atoms. The van der Waals surface area contributed by atoms with Gasteiger partial charge < -0.3 is 20.3 Å². The lowest BCUT2D eigenvalue weighted by molar-refractivity contribution is -0.121. The number of hydrogen-bond acceptors (Lipinski definition) is 3. The van der Waals surface area contributed by atoms with Gasteiger partial charge in [-0.25, -0.2) is 0 Å². The highest BCUT2D eigenvalue weighted by molar-refractivity contribution is 5.81. The number of carbonyl (C=O) groups excluding carboxylic acids is 1. The number of amides is 1. The summed E-state index contributed by atoms with van der Waals surface area (Å²) in [7, 11) is 0. The van der Waals surface area contributed by atoms with Crippen molar-refractivity contribution in [3.8, 4) is 0 Å². The van der Waals surface area contributed by atoms with Crippen molar-refractivity contribution in [2.24, 2.45) is 4.99 Å². The third kappa shape index (κ3) is 6.32. The van der Waals surface area contributed by atoms with Crippen LogP contribution >= 0.6 is 0 Å². The zero-order valence-electron chi connectivity index (χ0n) is 17.9. The Morgan fingerprint density at radius 1 is 1.13 bits per heavy atom. The van der Waals surface area contributed by atoms with E-state index in [4.69, 9.17) is 9.73 Å². The highest BCUT2D eigenvalue weighted by Crippen LogP contribution is 2.24. The van der Waals surface area contributed by atoms with Crippen LogP contribution in [0.25, 0.3) is 0 Å². The van der Waals surface area contributed by atoms with Gasteiger partial charge in [-0.05, 0) is 30.5 Å². The Kier molecular flexibility index (Phi) is 8.27. The van der Waals surface area contributed by atoms with Gasteiger partial charge in [-0.2, -0.15) is 0 Å². The number of ether oxygens (including phenoxy) is 1. The second kappa shape index (κ2) is 11.4. The van der Waals surface area contributed by atoms with Crippen molar-refractivity contribution in [2.45, 2.75) is 32.9 Å². The molecule has 0 aliphatic carbocycles. The molecular formula is C24H32N4O2. The smallest absolute Gasteiger partial charge is 0.222 e. The van der Waals surface area contributed by atoms with Gasteiger partial charge in [0.25, 0.3) is 0 Å². The predicted molar refractivity (Wildman–Crippen MR) is 120 cm³/mol. The first-order chi connectivity index (χ1) is 14.7. The summed E-state index contributed by atoms with van der Waals surface area (Å²) in [6.45, 7) is 8.14. The van der Waals surface area contributed by atoms with Crippen molar-refractivity contribution >= 4 is 11.9 Å². The third-order valence-electron chi connectivity index (χ3n) is 5.17. The number of hydrogen-bond donors (Lipinski definition) is 2. The Morgan fingerprint density at radius 3 is 2.67 bits per heavy atom. The van der Waals surface area contributed by atoms with Gasteiger partial charge >= 0.3 is 0 Å². The van der Waals surface area contributed by atoms with Gasteiger partial charge in [-0.1, -0.05) is 54.6 Å². The summed E-state index contributed by atoms with van der Waals surface area (Å²) in [5.74, 6) is 0.855. The Balaban J connectivity index is 1.54. The molecule has 1 unspecified atom stereocenters. The first-order valence-corrected chi connectivity index (χ1v) is 10.7. The lowest BCUT2D eigenvalue weighted by atomic mass is 10.0. The molecule has 2 N–H and O–H groups in total. The molecule has 1 saturated heterocycles. The summed E-state index contributed by atoms with van der Waals surface area (Å²) in [6.07, 6.45) is 0.394. The van der Waals surface area contributed by atoms with Gasteiger partial charge in [-0.15, -0.1) is 0 Å². The maximum atomic E-state index is 12.2. The molecule has 2 aromatic carbocycles. The zero-order valence-corrected chi connectivity index (χ0v) is 17.9. The number of nitrogens with zero attached hydrogens (tertiary/aromatic N) is 2. The van der Waals surface area contributed by atoms with Crippen LogP contribution in [0.2, 0.25) is 0 Å². The highest BCUT2D eigenvalue weighted by Gasteiger charge is 2.25. The first kappa shape index (κ1) is 21.8. The molecule has 1 heterocycles. The predicted octanol–water partition coefficient (Wildman–Crippen LogP) is 3.04. The Hall–Kier alpha value is -2.86. The number of morpholine rings is 1. The second-order valence-electron chi connectivity index (χ2n) is 7.41. The van der Waals surface area contributed by atoms with Crippen molar-refractivity contribution in [1.29, 1.82) is 0 Å². The normalized spacial score (nSPS) is 16.9. The van der Waals surface area contributed by atoms with E-state index < -0.39 is 0 Å². The molecule has 0 bridgehead atoms. The van der Waals surface area contributed by atoms with Crippen molar-refractivity contribution in [1.82, 2.24) is 15.5 Å². The van der Waals surface area contributed by atoms with E-state index in [0.29, 0.717) is 26.1 Å². The fourth-order valence-corrected chi connectivity index (χ4v) is 3.55. The maximum absolute atomic E-state index is 12.2. The van der Waals surface area contributed by atoms with Gasteiger partial charge in [0.2, 0.25) is 5.91 Å². The molecule has 1 fully saturated rings. The van der Waals surface area contributed by atoms with Crippen LogP contribution in [0.15, 0.2) is 59.6 Å². The van der Waals surface area contributed by atoms with E-state index in [-0.39, 0.29) is 12.0 Å². The minimum atomic E-state index is 0.0122. The number of rotatable bonds is 7. The van der Waals surface area contributed by atoms with Crippen LogP contribution in [-0.4, -0.2) is 49.6 Å². The van der Waals surface area contributed by atoms with Crippen LogP contribution < -0.4 is 10.6 Å². The largest absolute Gasteiger partial charge is 0.370 e. The second-order valence-corrected chi connectivity index (χ2v) is 7.41. The summed E-state index contributed by atoms with van der Waals surface area (Å²) < 4.78 is 6.03. The van der Waals surface area contributed by atoms with Gasteiger partial charge in [0, 0.05) is 26.1 Å². The molecule has 6 nitrogen and oxygen atoms in total. The molecule has 1 aliphatic heterocycles. The maximum Gasteiger partial charge on any atom is 0.222 e. The average molecular weight is 409 g/mol. The molecule has 2 aromatic rings.